The molecule has 1 N–H and O–H groups in total. The number of ether oxygens (including phenoxy) is 1. The molecule has 2 heteroatoms. The van der Waals surface area contributed by atoms with Gasteiger partial charge in [0.1, 0.15) is 0 Å². The first-order valence-electron chi connectivity index (χ1n) is 7.42. The molecule has 2 nitrogen and oxygen atoms in total. The van der Waals surface area contributed by atoms with Crippen LogP contribution in [0.3, 0.4) is 0 Å². The molecule has 0 radical (unpaired) electrons. The van der Waals surface area contributed by atoms with E-state index in [2.05, 4.69) is 64.2 Å². The summed E-state index contributed by atoms with van der Waals surface area (Å²) in [4.78, 5) is 0. The number of benzene rings is 1. The van der Waals surface area contributed by atoms with E-state index >= 15 is 0 Å². The number of nitrogens with one attached hydrogen (secondary N) is 1. The number of rotatable bonds is 7. The Morgan fingerprint density at radius 1 is 1.21 bits per heavy atom. The van der Waals surface area contributed by atoms with E-state index in [1.807, 2.05) is 0 Å². The van der Waals surface area contributed by atoms with Gasteiger partial charge in [-0.15, -0.1) is 0 Å². The molecule has 0 saturated heterocycles. The Kier molecular flexibility index (Phi) is 6.53. The summed E-state index contributed by atoms with van der Waals surface area (Å²) in [6.07, 6.45) is 2.33. The summed E-state index contributed by atoms with van der Waals surface area (Å²) in [5.41, 5.74) is 2.66. The van der Waals surface area contributed by atoms with E-state index in [1.165, 1.54) is 17.5 Å². The van der Waals surface area contributed by atoms with Gasteiger partial charge in [-0.25, -0.2) is 0 Å². The first-order valence-corrected chi connectivity index (χ1v) is 7.42. The molecule has 108 valence electrons. The summed E-state index contributed by atoms with van der Waals surface area (Å²) in [5, 5.41) is 3.52. The highest BCUT2D eigenvalue weighted by Crippen LogP contribution is 2.19. The summed E-state index contributed by atoms with van der Waals surface area (Å²) >= 11 is 0. The fraction of sp³-hybridized carbons (Fsp3) is 0.647. The summed E-state index contributed by atoms with van der Waals surface area (Å²) in [5.74, 6) is 0. The van der Waals surface area contributed by atoms with Gasteiger partial charge in [0.2, 0.25) is 0 Å². The third-order valence-electron chi connectivity index (χ3n) is 3.03. The van der Waals surface area contributed by atoms with Crippen LogP contribution in [0.5, 0.6) is 0 Å². The van der Waals surface area contributed by atoms with Crippen LogP contribution in [0.15, 0.2) is 24.3 Å². The molecule has 0 heterocycles. The van der Waals surface area contributed by atoms with Gasteiger partial charge in [-0.05, 0) is 44.9 Å². The highest BCUT2D eigenvalue weighted by molar-refractivity contribution is 5.26. The second-order valence-corrected chi connectivity index (χ2v) is 6.03. The van der Waals surface area contributed by atoms with E-state index in [-0.39, 0.29) is 11.6 Å². The molecule has 1 unspecified atom stereocenters. The minimum Gasteiger partial charge on any atom is -0.374 e. The van der Waals surface area contributed by atoms with Crippen LogP contribution in [0.25, 0.3) is 0 Å². The Morgan fingerprint density at radius 3 is 2.53 bits per heavy atom. The van der Waals surface area contributed by atoms with Gasteiger partial charge in [-0.1, -0.05) is 44.5 Å². The molecule has 1 rings (SSSR count). The molecular formula is C17H29NO. The van der Waals surface area contributed by atoms with Gasteiger partial charge in [-0.3, -0.25) is 0 Å². The van der Waals surface area contributed by atoms with E-state index in [0.717, 1.165) is 13.0 Å². The van der Waals surface area contributed by atoms with Gasteiger partial charge in [0.15, 0.2) is 0 Å². The second-order valence-electron chi connectivity index (χ2n) is 6.03. The zero-order valence-corrected chi connectivity index (χ0v) is 13.1. The van der Waals surface area contributed by atoms with E-state index in [9.17, 15) is 0 Å². The smallest absolute Gasteiger partial charge is 0.0668 e. The van der Waals surface area contributed by atoms with Crippen LogP contribution in [0.1, 0.15) is 58.2 Å². The van der Waals surface area contributed by atoms with Gasteiger partial charge < -0.3 is 10.1 Å². The van der Waals surface area contributed by atoms with Crippen molar-refractivity contribution in [1.29, 1.82) is 0 Å². The minimum absolute atomic E-state index is 0.0886. The fourth-order valence-corrected chi connectivity index (χ4v) is 2.11. The molecular weight excluding hydrogens is 234 g/mol. The molecule has 0 fully saturated rings. The Bertz CT molecular complexity index is 368. The third kappa shape index (κ3) is 6.22. The number of hydrogen-bond donors (Lipinski definition) is 1. The highest BCUT2D eigenvalue weighted by atomic mass is 16.5. The monoisotopic (exact) mass is 263 g/mol. The van der Waals surface area contributed by atoms with Crippen molar-refractivity contribution in [2.75, 3.05) is 13.2 Å². The SMILES string of the molecule is CCCc1cccc(C(COC(C)(C)C)NCC)c1. The summed E-state index contributed by atoms with van der Waals surface area (Å²) < 4.78 is 5.94. The van der Waals surface area contributed by atoms with E-state index < -0.39 is 0 Å². The molecule has 0 aromatic heterocycles. The molecule has 0 bridgehead atoms. The van der Waals surface area contributed by atoms with Crippen molar-refractivity contribution in [2.24, 2.45) is 0 Å². The Morgan fingerprint density at radius 2 is 1.95 bits per heavy atom. The van der Waals surface area contributed by atoms with E-state index in [0.29, 0.717) is 6.61 Å². The predicted molar refractivity (Wildman–Crippen MR) is 82.6 cm³/mol. The van der Waals surface area contributed by atoms with Crippen molar-refractivity contribution in [3.8, 4) is 0 Å². The number of aryl methyl sites for hydroxylation is 1. The van der Waals surface area contributed by atoms with Crippen LogP contribution in [0.4, 0.5) is 0 Å². The largest absolute Gasteiger partial charge is 0.374 e. The van der Waals surface area contributed by atoms with Crippen LogP contribution >= 0.6 is 0 Å². The van der Waals surface area contributed by atoms with E-state index in [4.69, 9.17) is 4.74 Å². The molecule has 1 atom stereocenters. The number of likely N-dealkylation sites (N-methyl/N-ethyl adjacent to an activating group) is 1. The second kappa shape index (κ2) is 7.66. The molecule has 0 aliphatic carbocycles. The fourth-order valence-electron chi connectivity index (χ4n) is 2.11. The highest BCUT2D eigenvalue weighted by Gasteiger charge is 2.16. The van der Waals surface area contributed by atoms with Gasteiger partial charge >= 0.3 is 0 Å². The molecule has 0 spiro atoms. The average molecular weight is 263 g/mol. The molecule has 19 heavy (non-hydrogen) atoms. The lowest BCUT2D eigenvalue weighted by atomic mass is 10.0. The van der Waals surface area contributed by atoms with Crippen LogP contribution in [-0.2, 0) is 11.2 Å². The molecule has 0 amide bonds. The van der Waals surface area contributed by atoms with Crippen molar-refractivity contribution in [3.05, 3.63) is 35.4 Å². The van der Waals surface area contributed by atoms with Crippen molar-refractivity contribution < 1.29 is 4.74 Å². The molecule has 0 aliphatic heterocycles. The predicted octanol–water partition coefficient (Wildman–Crippen LogP) is 4.10. The standard InChI is InChI=1S/C17H29NO/c1-6-9-14-10-8-11-15(12-14)16(18-7-2)13-19-17(3,4)5/h8,10-12,16,18H,6-7,9,13H2,1-5H3. The molecule has 1 aromatic rings. The zero-order chi connectivity index (χ0) is 14.3. The van der Waals surface area contributed by atoms with Gasteiger partial charge in [0.05, 0.1) is 18.2 Å². The number of hydrogen-bond acceptors (Lipinski definition) is 2. The van der Waals surface area contributed by atoms with Crippen molar-refractivity contribution in [1.82, 2.24) is 5.32 Å². The zero-order valence-electron chi connectivity index (χ0n) is 13.1. The first-order chi connectivity index (χ1) is 8.96. The van der Waals surface area contributed by atoms with Crippen LogP contribution in [0, 0.1) is 0 Å². The van der Waals surface area contributed by atoms with Gasteiger partial charge in [-0.2, -0.15) is 0 Å². The minimum atomic E-state index is -0.0886. The maximum atomic E-state index is 5.94. The summed E-state index contributed by atoms with van der Waals surface area (Å²) in [6, 6.07) is 9.14. The van der Waals surface area contributed by atoms with Crippen LogP contribution in [-0.4, -0.2) is 18.8 Å². The first kappa shape index (κ1) is 16.2. The van der Waals surface area contributed by atoms with Crippen molar-refractivity contribution in [2.45, 2.75) is 59.1 Å². The summed E-state index contributed by atoms with van der Waals surface area (Å²) in [6.45, 7) is 12.3. The topological polar surface area (TPSA) is 21.3 Å². The maximum absolute atomic E-state index is 5.94. The molecule has 0 saturated carbocycles. The molecule has 1 aromatic carbocycles. The maximum Gasteiger partial charge on any atom is 0.0668 e. The van der Waals surface area contributed by atoms with Gasteiger partial charge in [0, 0.05) is 0 Å². The molecule has 0 aliphatic rings. The Hall–Kier alpha value is -0.860. The van der Waals surface area contributed by atoms with E-state index in [1.54, 1.807) is 0 Å². The van der Waals surface area contributed by atoms with Crippen molar-refractivity contribution in [3.63, 3.8) is 0 Å². The average Bonchev–Trinajstić information content (AvgIpc) is 2.34. The van der Waals surface area contributed by atoms with Crippen LogP contribution in [0.2, 0.25) is 0 Å². The normalized spacial score (nSPS) is 13.5. The Labute approximate surface area is 118 Å². The lowest BCUT2D eigenvalue weighted by Crippen LogP contribution is -2.30. The Balaban J connectivity index is 2.76. The lowest BCUT2D eigenvalue weighted by molar-refractivity contribution is -0.0146. The third-order valence-corrected chi connectivity index (χ3v) is 3.03. The quantitative estimate of drug-likeness (QED) is 0.799. The lowest BCUT2D eigenvalue weighted by Gasteiger charge is -2.25. The summed E-state index contributed by atoms with van der Waals surface area (Å²) in [7, 11) is 0. The van der Waals surface area contributed by atoms with Crippen molar-refractivity contribution >= 4 is 0 Å². The van der Waals surface area contributed by atoms with Gasteiger partial charge in [0.25, 0.3) is 0 Å². The van der Waals surface area contributed by atoms with Crippen LogP contribution < -0.4 is 5.32 Å².